The van der Waals surface area contributed by atoms with Gasteiger partial charge < -0.3 is 9.64 Å². The largest absolute Gasteiger partial charge is 0.368 e. The lowest BCUT2D eigenvalue weighted by atomic mass is 10.2. The summed E-state index contributed by atoms with van der Waals surface area (Å²) in [6.07, 6.45) is 1.36. The molecule has 23 heavy (non-hydrogen) atoms. The summed E-state index contributed by atoms with van der Waals surface area (Å²) in [6.45, 7) is 2.22. The molecule has 2 heterocycles. The molecule has 0 aromatic heterocycles. The zero-order valence-corrected chi connectivity index (χ0v) is 13.9. The Kier molecular flexibility index (Phi) is 4.99. The van der Waals surface area contributed by atoms with E-state index < -0.39 is 10.0 Å². The number of amides is 1. The van der Waals surface area contributed by atoms with E-state index in [0.717, 1.165) is 18.4 Å². The summed E-state index contributed by atoms with van der Waals surface area (Å²) in [4.78, 5) is 14.0. The highest BCUT2D eigenvalue weighted by atomic mass is 32.2. The second-order valence-corrected chi connectivity index (χ2v) is 7.94. The molecular weight excluding hydrogens is 316 g/mol. The Morgan fingerprint density at radius 1 is 1.13 bits per heavy atom. The summed E-state index contributed by atoms with van der Waals surface area (Å²) in [5.74, 6) is 0.00988. The van der Waals surface area contributed by atoms with Gasteiger partial charge in [-0.3, -0.25) is 4.79 Å². The molecule has 0 aliphatic carbocycles. The van der Waals surface area contributed by atoms with Gasteiger partial charge in [-0.2, -0.15) is 4.31 Å². The number of rotatable bonds is 4. The first-order chi connectivity index (χ1) is 11.1. The van der Waals surface area contributed by atoms with Gasteiger partial charge in [-0.25, -0.2) is 8.42 Å². The van der Waals surface area contributed by atoms with Crippen molar-refractivity contribution in [2.75, 3.05) is 32.8 Å². The molecule has 2 aliphatic rings. The number of carbonyl (C=O) groups is 1. The Morgan fingerprint density at radius 2 is 1.83 bits per heavy atom. The maximum Gasteiger partial charge on any atom is 0.251 e. The number of ether oxygens (including phenoxy) is 1. The molecule has 1 atom stereocenters. The lowest BCUT2D eigenvalue weighted by molar-refractivity contribution is -0.142. The summed E-state index contributed by atoms with van der Waals surface area (Å²) >= 11 is 0. The summed E-state index contributed by atoms with van der Waals surface area (Å²) in [5, 5.41) is 0. The Bertz CT molecular complexity index is 633. The monoisotopic (exact) mass is 338 g/mol. The van der Waals surface area contributed by atoms with Crippen molar-refractivity contribution in [3.8, 4) is 0 Å². The first kappa shape index (κ1) is 16.4. The van der Waals surface area contributed by atoms with Crippen LogP contribution >= 0.6 is 0 Å². The van der Waals surface area contributed by atoms with E-state index in [1.807, 2.05) is 30.3 Å². The minimum absolute atomic E-state index is 0.00241. The van der Waals surface area contributed by atoms with Crippen LogP contribution in [0.5, 0.6) is 0 Å². The van der Waals surface area contributed by atoms with Crippen LogP contribution in [-0.2, 0) is 25.3 Å². The van der Waals surface area contributed by atoms with E-state index >= 15 is 0 Å². The van der Waals surface area contributed by atoms with E-state index in [1.165, 1.54) is 4.31 Å². The first-order valence-electron chi connectivity index (χ1n) is 7.98. The van der Waals surface area contributed by atoms with Gasteiger partial charge in [0.1, 0.15) is 6.10 Å². The molecule has 0 saturated carbocycles. The molecular formula is C16H22N2O4S. The topological polar surface area (TPSA) is 66.9 Å². The molecule has 1 aromatic carbocycles. The Labute approximate surface area is 137 Å². The zero-order chi connectivity index (χ0) is 16.3. The molecule has 2 aliphatic heterocycles. The highest BCUT2D eigenvalue weighted by Gasteiger charge is 2.33. The van der Waals surface area contributed by atoms with Crippen molar-refractivity contribution in [3.63, 3.8) is 0 Å². The normalized spacial score (nSPS) is 23.1. The van der Waals surface area contributed by atoms with Gasteiger partial charge in [0, 0.05) is 32.8 Å². The minimum Gasteiger partial charge on any atom is -0.368 e. The van der Waals surface area contributed by atoms with Gasteiger partial charge >= 0.3 is 0 Å². The highest BCUT2D eigenvalue weighted by Crippen LogP contribution is 2.18. The number of hydrogen-bond acceptors (Lipinski definition) is 4. The summed E-state index contributed by atoms with van der Waals surface area (Å²) in [7, 11) is -3.34. The highest BCUT2D eigenvalue weighted by molar-refractivity contribution is 7.88. The maximum atomic E-state index is 12.5. The van der Waals surface area contributed by atoms with Gasteiger partial charge in [-0.05, 0) is 18.4 Å². The molecule has 126 valence electrons. The molecule has 2 saturated heterocycles. The van der Waals surface area contributed by atoms with Crippen molar-refractivity contribution in [3.05, 3.63) is 35.9 Å². The van der Waals surface area contributed by atoms with Crippen molar-refractivity contribution < 1.29 is 17.9 Å². The third kappa shape index (κ3) is 3.91. The molecule has 0 N–H and O–H groups in total. The maximum absolute atomic E-state index is 12.5. The van der Waals surface area contributed by atoms with Crippen LogP contribution in [0.15, 0.2) is 30.3 Å². The van der Waals surface area contributed by atoms with E-state index in [2.05, 4.69) is 0 Å². The molecule has 0 radical (unpaired) electrons. The van der Waals surface area contributed by atoms with E-state index in [-0.39, 0.29) is 17.8 Å². The average molecular weight is 338 g/mol. The molecule has 2 fully saturated rings. The number of sulfonamides is 1. The predicted octanol–water partition coefficient (Wildman–Crippen LogP) is 0.840. The van der Waals surface area contributed by atoms with Gasteiger partial charge in [-0.1, -0.05) is 30.3 Å². The van der Waals surface area contributed by atoms with E-state index in [1.54, 1.807) is 4.90 Å². The molecule has 1 amide bonds. The molecule has 7 heteroatoms. The average Bonchev–Trinajstić information content (AvgIpc) is 3.09. The Morgan fingerprint density at radius 3 is 2.43 bits per heavy atom. The fraction of sp³-hybridized carbons (Fsp3) is 0.562. The second-order valence-electron chi connectivity index (χ2n) is 5.97. The molecule has 6 nitrogen and oxygen atoms in total. The lowest BCUT2D eigenvalue weighted by Crippen LogP contribution is -2.52. The Balaban J connectivity index is 1.56. The summed E-state index contributed by atoms with van der Waals surface area (Å²) < 4.78 is 31.9. The van der Waals surface area contributed by atoms with Crippen LogP contribution in [0.1, 0.15) is 18.4 Å². The van der Waals surface area contributed by atoms with Gasteiger partial charge in [0.15, 0.2) is 0 Å². The van der Waals surface area contributed by atoms with Crippen LogP contribution in [0.3, 0.4) is 0 Å². The molecule has 1 aromatic rings. The number of piperazine rings is 1. The van der Waals surface area contributed by atoms with Crippen molar-refractivity contribution in [2.24, 2.45) is 0 Å². The third-order valence-electron chi connectivity index (χ3n) is 4.34. The molecule has 1 unspecified atom stereocenters. The number of benzene rings is 1. The fourth-order valence-corrected chi connectivity index (χ4v) is 4.55. The van der Waals surface area contributed by atoms with Crippen molar-refractivity contribution >= 4 is 15.9 Å². The van der Waals surface area contributed by atoms with Gasteiger partial charge in [0.05, 0.1) is 5.75 Å². The second kappa shape index (κ2) is 6.98. The minimum atomic E-state index is -3.34. The first-order valence-corrected chi connectivity index (χ1v) is 9.59. The molecule has 0 spiro atoms. The van der Waals surface area contributed by atoms with Crippen LogP contribution in [0.2, 0.25) is 0 Å². The van der Waals surface area contributed by atoms with Gasteiger partial charge in [0.2, 0.25) is 10.0 Å². The lowest BCUT2D eigenvalue weighted by Gasteiger charge is -2.35. The number of nitrogens with zero attached hydrogens (tertiary/aromatic N) is 2. The number of carbonyl (C=O) groups excluding carboxylic acids is 1. The van der Waals surface area contributed by atoms with Crippen LogP contribution in [0.25, 0.3) is 0 Å². The zero-order valence-electron chi connectivity index (χ0n) is 13.1. The predicted molar refractivity (Wildman–Crippen MR) is 86.2 cm³/mol. The van der Waals surface area contributed by atoms with E-state index in [4.69, 9.17) is 4.74 Å². The van der Waals surface area contributed by atoms with Gasteiger partial charge in [-0.15, -0.1) is 0 Å². The van der Waals surface area contributed by atoms with Crippen molar-refractivity contribution in [1.29, 1.82) is 0 Å². The summed E-state index contributed by atoms with van der Waals surface area (Å²) in [6, 6.07) is 9.17. The molecule has 3 rings (SSSR count). The third-order valence-corrected chi connectivity index (χ3v) is 6.19. The standard InChI is InChI=1S/C16H22N2O4S/c19-16(15-7-4-12-22-15)17-8-10-18(11-9-17)23(20,21)13-14-5-2-1-3-6-14/h1-3,5-6,15H,4,7-13H2. The molecule has 0 bridgehead atoms. The van der Waals surface area contributed by atoms with E-state index in [9.17, 15) is 13.2 Å². The quantitative estimate of drug-likeness (QED) is 0.816. The van der Waals surface area contributed by atoms with Gasteiger partial charge in [0.25, 0.3) is 5.91 Å². The van der Waals surface area contributed by atoms with Crippen LogP contribution in [0.4, 0.5) is 0 Å². The SMILES string of the molecule is O=C(C1CCCO1)N1CCN(S(=O)(=O)Cc2ccccc2)CC1. The number of hydrogen-bond donors (Lipinski definition) is 0. The van der Waals surface area contributed by atoms with Crippen LogP contribution < -0.4 is 0 Å². The Hall–Kier alpha value is -1.44. The van der Waals surface area contributed by atoms with Crippen molar-refractivity contribution in [1.82, 2.24) is 9.21 Å². The van der Waals surface area contributed by atoms with E-state index in [0.29, 0.717) is 32.8 Å². The van der Waals surface area contributed by atoms with Crippen molar-refractivity contribution in [2.45, 2.75) is 24.7 Å². The smallest absolute Gasteiger partial charge is 0.251 e. The van der Waals surface area contributed by atoms with Crippen LogP contribution in [0, 0.1) is 0 Å². The summed E-state index contributed by atoms with van der Waals surface area (Å²) in [5.41, 5.74) is 0.783. The fourth-order valence-electron chi connectivity index (χ4n) is 3.04. The van der Waals surface area contributed by atoms with Crippen LogP contribution in [-0.4, -0.2) is 62.4 Å².